The summed E-state index contributed by atoms with van der Waals surface area (Å²) >= 11 is 0. The molecule has 138 valence electrons. The zero-order valence-corrected chi connectivity index (χ0v) is 14.4. The highest BCUT2D eigenvalue weighted by Gasteiger charge is 2.43. The first-order valence-electron chi connectivity index (χ1n) is 9.01. The minimum absolute atomic E-state index is 0.0743. The van der Waals surface area contributed by atoms with Gasteiger partial charge in [-0.25, -0.2) is 13.5 Å². The molecule has 2 aromatic rings. The third-order valence-corrected chi connectivity index (χ3v) is 5.58. The molecule has 1 aromatic heterocycles. The van der Waals surface area contributed by atoms with E-state index < -0.39 is 6.43 Å². The van der Waals surface area contributed by atoms with Gasteiger partial charge in [0, 0.05) is 19.0 Å². The molecule has 1 unspecified atom stereocenters. The largest absolute Gasteiger partial charge is 0.323 e. The number of hydrogen-bond donors (Lipinski definition) is 2. The zero-order valence-electron chi connectivity index (χ0n) is 14.4. The highest BCUT2D eigenvalue weighted by Crippen LogP contribution is 2.47. The van der Waals surface area contributed by atoms with E-state index in [2.05, 4.69) is 15.7 Å². The van der Waals surface area contributed by atoms with Crippen LogP contribution in [0.1, 0.15) is 44.2 Å². The fraction of sp³-hybridized carbons (Fsp3) is 0.474. The number of halogens is 2. The van der Waals surface area contributed by atoms with Gasteiger partial charge < -0.3 is 10.6 Å². The fourth-order valence-corrected chi connectivity index (χ4v) is 4.09. The van der Waals surface area contributed by atoms with Gasteiger partial charge >= 0.3 is 0 Å². The smallest absolute Gasteiger partial charge is 0.282 e. The van der Waals surface area contributed by atoms with Gasteiger partial charge in [-0.2, -0.15) is 5.10 Å². The van der Waals surface area contributed by atoms with E-state index in [1.54, 1.807) is 30.3 Å². The monoisotopic (exact) mass is 360 g/mol. The highest BCUT2D eigenvalue weighted by molar-refractivity contribution is 5.91. The molecule has 7 heteroatoms. The summed E-state index contributed by atoms with van der Waals surface area (Å²) in [5.74, 6) is -0.256. The van der Waals surface area contributed by atoms with Crippen LogP contribution in [0.3, 0.4) is 0 Å². The molecule has 0 radical (unpaired) electrons. The van der Waals surface area contributed by atoms with Crippen molar-refractivity contribution in [2.75, 3.05) is 11.9 Å². The average molecular weight is 360 g/mol. The van der Waals surface area contributed by atoms with Crippen LogP contribution in [0, 0.1) is 5.41 Å². The molecule has 1 atom stereocenters. The Kier molecular flexibility index (Phi) is 4.48. The number of carbonyl (C=O) groups excluding carboxylic acids is 1. The quantitative estimate of drug-likeness (QED) is 0.855. The number of aromatic nitrogens is 2. The Morgan fingerprint density at radius 3 is 2.73 bits per heavy atom. The van der Waals surface area contributed by atoms with Crippen molar-refractivity contribution in [3.8, 4) is 5.69 Å². The lowest BCUT2D eigenvalue weighted by Crippen LogP contribution is -2.31. The number of para-hydroxylation sites is 1. The molecule has 1 spiro atoms. The molecule has 2 heterocycles. The Balaban J connectivity index is 1.46. The van der Waals surface area contributed by atoms with Gasteiger partial charge in [-0.05, 0) is 36.8 Å². The fourth-order valence-electron chi connectivity index (χ4n) is 4.09. The van der Waals surface area contributed by atoms with Gasteiger partial charge in [0.1, 0.15) is 5.69 Å². The van der Waals surface area contributed by atoms with Gasteiger partial charge in [0.15, 0.2) is 0 Å². The molecule has 1 aromatic carbocycles. The predicted octanol–water partition coefficient (Wildman–Crippen LogP) is 3.67. The van der Waals surface area contributed by atoms with Crippen molar-refractivity contribution in [2.24, 2.45) is 5.41 Å². The van der Waals surface area contributed by atoms with Gasteiger partial charge in [-0.15, -0.1) is 0 Å². The van der Waals surface area contributed by atoms with Gasteiger partial charge in [-0.1, -0.05) is 24.6 Å². The molecule has 1 saturated carbocycles. The van der Waals surface area contributed by atoms with Crippen LogP contribution in [0.25, 0.3) is 5.69 Å². The molecule has 5 nitrogen and oxygen atoms in total. The third-order valence-electron chi connectivity index (χ3n) is 5.58. The van der Waals surface area contributed by atoms with Crippen LogP contribution in [-0.4, -0.2) is 28.3 Å². The van der Waals surface area contributed by atoms with Crippen molar-refractivity contribution in [2.45, 2.75) is 44.6 Å². The lowest BCUT2D eigenvalue weighted by Gasteiger charge is -2.37. The second-order valence-corrected chi connectivity index (χ2v) is 7.38. The second kappa shape index (κ2) is 6.79. The maximum atomic E-state index is 13.6. The van der Waals surface area contributed by atoms with Crippen LogP contribution in [0.2, 0.25) is 0 Å². The van der Waals surface area contributed by atoms with Crippen LogP contribution >= 0.6 is 0 Å². The van der Waals surface area contributed by atoms with Gasteiger partial charge in [0.05, 0.1) is 17.6 Å². The first-order chi connectivity index (χ1) is 12.6. The van der Waals surface area contributed by atoms with Crippen LogP contribution in [-0.2, 0) is 4.79 Å². The predicted molar refractivity (Wildman–Crippen MR) is 94.5 cm³/mol. The second-order valence-electron chi connectivity index (χ2n) is 7.38. The van der Waals surface area contributed by atoms with Crippen molar-refractivity contribution in [3.63, 3.8) is 0 Å². The zero-order chi connectivity index (χ0) is 18.1. The molecule has 1 aliphatic heterocycles. The summed E-state index contributed by atoms with van der Waals surface area (Å²) in [4.78, 5) is 12.4. The molecule has 2 aliphatic rings. The van der Waals surface area contributed by atoms with Crippen molar-refractivity contribution in [1.29, 1.82) is 0 Å². The molecule has 2 N–H and O–H groups in total. The number of amides is 1. The van der Waals surface area contributed by atoms with E-state index >= 15 is 0 Å². The summed E-state index contributed by atoms with van der Waals surface area (Å²) in [5, 5.41) is 10.1. The van der Waals surface area contributed by atoms with Crippen LogP contribution in [0.15, 0.2) is 36.5 Å². The minimum Gasteiger partial charge on any atom is -0.323 e. The first-order valence-corrected chi connectivity index (χ1v) is 9.01. The van der Waals surface area contributed by atoms with Crippen LogP contribution < -0.4 is 10.6 Å². The van der Waals surface area contributed by atoms with Crippen molar-refractivity contribution in [3.05, 3.63) is 42.2 Å². The summed E-state index contributed by atoms with van der Waals surface area (Å²) in [5.41, 5.74) is 0.689. The van der Waals surface area contributed by atoms with E-state index in [1.165, 1.54) is 30.1 Å². The summed E-state index contributed by atoms with van der Waals surface area (Å²) in [7, 11) is 0. The number of nitrogens with one attached hydrogen (secondary N) is 2. The number of carbonyl (C=O) groups is 1. The Labute approximate surface area is 150 Å². The van der Waals surface area contributed by atoms with E-state index in [0.29, 0.717) is 17.5 Å². The van der Waals surface area contributed by atoms with E-state index in [1.807, 2.05) is 0 Å². The van der Waals surface area contributed by atoms with Crippen molar-refractivity contribution in [1.82, 2.24) is 15.1 Å². The van der Waals surface area contributed by atoms with E-state index in [-0.39, 0.29) is 23.3 Å². The summed E-state index contributed by atoms with van der Waals surface area (Å²) in [6.45, 7) is 0.958. The van der Waals surface area contributed by atoms with E-state index in [4.69, 9.17) is 0 Å². The van der Waals surface area contributed by atoms with Crippen LogP contribution in [0.4, 0.5) is 14.5 Å². The SMILES string of the molecule is O=C(CC1CC2(CCC2)CN1)Nc1cnn(-c2ccccc2)c1C(F)F. The topological polar surface area (TPSA) is 59.0 Å². The van der Waals surface area contributed by atoms with Gasteiger partial charge in [0.25, 0.3) is 6.43 Å². The van der Waals surface area contributed by atoms with Crippen molar-refractivity contribution < 1.29 is 13.6 Å². The molecule has 0 bridgehead atoms. The van der Waals surface area contributed by atoms with Crippen LogP contribution in [0.5, 0.6) is 0 Å². The molecule has 1 aliphatic carbocycles. The lowest BCUT2D eigenvalue weighted by molar-refractivity contribution is -0.116. The average Bonchev–Trinajstić information content (AvgIpc) is 3.20. The normalized spacial score (nSPS) is 21.1. The Hall–Kier alpha value is -2.28. The van der Waals surface area contributed by atoms with Gasteiger partial charge in [-0.3, -0.25) is 4.79 Å². The van der Waals surface area contributed by atoms with E-state index in [0.717, 1.165) is 13.0 Å². The number of alkyl halides is 2. The molecular formula is C19H22F2N4O. The number of nitrogens with zero attached hydrogens (tertiary/aromatic N) is 2. The highest BCUT2D eigenvalue weighted by atomic mass is 19.3. The number of benzene rings is 1. The van der Waals surface area contributed by atoms with E-state index in [9.17, 15) is 13.6 Å². The number of rotatable bonds is 5. The summed E-state index contributed by atoms with van der Waals surface area (Å²) < 4.78 is 28.4. The number of hydrogen-bond acceptors (Lipinski definition) is 3. The standard InChI is InChI=1S/C19H22F2N4O/c20-18(21)17-15(11-23-25(17)14-5-2-1-3-6-14)24-16(26)9-13-10-19(12-22-13)7-4-8-19/h1-3,5-6,11,13,18,22H,4,7-10,12H2,(H,24,26). The molecule has 2 fully saturated rings. The number of anilines is 1. The first kappa shape index (κ1) is 17.1. The van der Waals surface area contributed by atoms with Crippen molar-refractivity contribution >= 4 is 11.6 Å². The third kappa shape index (κ3) is 3.23. The molecule has 26 heavy (non-hydrogen) atoms. The minimum atomic E-state index is -2.74. The molecular weight excluding hydrogens is 338 g/mol. The molecule has 1 saturated heterocycles. The Morgan fingerprint density at radius 2 is 2.12 bits per heavy atom. The Bertz CT molecular complexity index is 786. The summed E-state index contributed by atoms with van der Waals surface area (Å²) in [6.07, 6.45) is 3.54. The molecule has 1 amide bonds. The lowest BCUT2D eigenvalue weighted by atomic mass is 9.67. The maximum Gasteiger partial charge on any atom is 0.282 e. The summed E-state index contributed by atoms with van der Waals surface area (Å²) in [6, 6.07) is 8.84. The van der Waals surface area contributed by atoms with Gasteiger partial charge in [0.2, 0.25) is 5.91 Å². The Morgan fingerprint density at radius 1 is 1.35 bits per heavy atom. The molecule has 4 rings (SSSR count). The maximum absolute atomic E-state index is 13.6.